The molecule has 0 saturated carbocycles. The van der Waals surface area contributed by atoms with Crippen molar-refractivity contribution in [1.29, 1.82) is 0 Å². The molecule has 1 amide bonds. The number of likely N-dealkylation sites (tertiary alicyclic amines) is 1. The van der Waals surface area contributed by atoms with E-state index in [-0.39, 0.29) is 11.7 Å². The highest BCUT2D eigenvalue weighted by molar-refractivity contribution is 6.31. The normalized spacial score (nSPS) is 14.8. The second kappa shape index (κ2) is 6.63. The number of nitrogens with zero attached hydrogens (tertiary/aromatic N) is 1. The van der Waals surface area contributed by atoms with E-state index in [2.05, 4.69) is 0 Å². The first-order chi connectivity index (χ1) is 11.1. The van der Waals surface area contributed by atoms with Gasteiger partial charge in [-0.3, -0.25) is 4.79 Å². The summed E-state index contributed by atoms with van der Waals surface area (Å²) in [6.07, 6.45) is 3.33. The average molecular weight is 330 g/mol. The predicted molar refractivity (Wildman–Crippen MR) is 93.0 cm³/mol. The lowest BCUT2D eigenvalue weighted by Crippen LogP contribution is -2.35. The van der Waals surface area contributed by atoms with Crippen LogP contribution in [0.1, 0.15) is 35.2 Å². The van der Waals surface area contributed by atoms with Crippen LogP contribution in [-0.4, -0.2) is 29.0 Å². The van der Waals surface area contributed by atoms with E-state index in [4.69, 9.17) is 11.6 Å². The van der Waals surface area contributed by atoms with Crippen molar-refractivity contribution in [1.82, 2.24) is 4.90 Å². The molecule has 120 valence electrons. The molecule has 0 radical (unpaired) electrons. The lowest BCUT2D eigenvalue weighted by atomic mass is 10.00. The van der Waals surface area contributed by atoms with Gasteiger partial charge in [0.15, 0.2) is 0 Å². The summed E-state index contributed by atoms with van der Waals surface area (Å²) in [4.78, 5) is 14.5. The molecule has 0 bridgehead atoms. The highest BCUT2D eigenvalue weighted by Crippen LogP contribution is 2.34. The van der Waals surface area contributed by atoms with Gasteiger partial charge in [0.2, 0.25) is 0 Å². The monoisotopic (exact) mass is 329 g/mol. The van der Waals surface area contributed by atoms with E-state index >= 15 is 0 Å². The Morgan fingerprint density at radius 3 is 2.61 bits per heavy atom. The van der Waals surface area contributed by atoms with Crippen LogP contribution in [0.4, 0.5) is 0 Å². The Labute approximate surface area is 141 Å². The quantitative estimate of drug-likeness (QED) is 0.871. The van der Waals surface area contributed by atoms with Crippen LogP contribution >= 0.6 is 11.6 Å². The minimum atomic E-state index is 0.0595. The van der Waals surface area contributed by atoms with Crippen LogP contribution in [0.3, 0.4) is 0 Å². The third-order valence-electron chi connectivity index (χ3n) is 4.34. The second-order valence-corrected chi connectivity index (χ2v) is 6.46. The van der Waals surface area contributed by atoms with Crippen LogP contribution in [0.2, 0.25) is 5.02 Å². The van der Waals surface area contributed by atoms with Crippen LogP contribution in [0.25, 0.3) is 11.1 Å². The smallest absolute Gasteiger partial charge is 0.253 e. The number of aryl methyl sites for hydroxylation is 1. The molecule has 23 heavy (non-hydrogen) atoms. The van der Waals surface area contributed by atoms with Crippen LogP contribution < -0.4 is 0 Å². The Morgan fingerprint density at radius 1 is 1.13 bits per heavy atom. The summed E-state index contributed by atoms with van der Waals surface area (Å²) in [5.41, 5.74) is 2.93. The number of rotatable bonds is 2. The number of amides is 1. The molecule has 1 aliphatic heterocycles. The van der Waals surface area contributed by atoms with Crippen molar-refractivity contribution in [3.63, 3.8) is 0 Å². The number of carbonyl (C=O) groups is 1. The standard InChI is InChI=1S/C19H20ClNO2/c1-13-10-18(22)16(12-17(13)20)14-6-5-7-15(11-14)19(23)21-8-3-2-4-9-21/h5-7,10-12,22H,2-4,8-9H2,1H3. The van der Waals surface area contributed by atoms with E-state index in [1.165, 1.54) is 6.42 Å². The van der Waals surface area contributed by atoms with E-state index in [1.54, 1.807) is 12.1 Å². The summed E-state index contributed by atoms with van der Waals surface area (Å²) >= 11 is 6.17. The Balaban J connectivity index is 1.94. The lowest BCUT2D eigenvalue weighted by Gasteiger charge is -2.26. The molecule has 1 heterocycles. The number of piperidine rings is 1. The number of phenolic OH excluding ortho intramolecular Hbond substituents is 1. The number of hydrogen-bond acceptors (Lipinski definition) is 2. The molecule has 1 fully saturated rings. The molecule has 0 aliphatic carbocycles. The summed E-state index contributed by atoms with van der Waals surface area (Å²) in [5, 5.41) is 10.8. The zero-order valence-electron chi connectivity index (χ0n) is 13.2. The Kier molecular flexibility index (Phi) is 4.58. The zero-order chi connectivity index (χ0) is 16.4. The predicted octanol–water partition coefficient (Wildman–Crippen LogP) is 4.65. The van der Waals surface area contributed by atoms with Crippen molar-refractivity contribution in [2.24, 2.45) is 0 Å². The average Bonchev–Trinajstić information content (AvgIpc) is 2.58. The van der Waals surface area contributed by atoms with Gasteiger partial charge in [-0.05, 0) is 61.6 Å². The first kappa shape index (κ1) is 15.9. The first-order valence-corrected chi connectivity index (χ1v) is 8.33. The topological polar surface area (TPSA) is 40.5 Å². The van der Waals surface area contributed by atoms with Gasteiger partial charge >= 0.3 is 0 Å². The number of halogens is 1. The number of benzene rings is 2. The largest absolute Gasteiger partial charge is 0.507 e. The van der Waals surface area contributed by atoms with Gasteiger partial charge in [-0.2, -0.15) is 0 Å². The van der Waals surface area contributed by atoms with Gasteiger partial charge < -0.3 is 10.0 Å². The molecule has 1 N–H and O–H groups in total. The van der Waals surface area contributed by atoms with Gasteiger partial charge in [0.05, 0.1) is 0 Å². The molecule has 0 spiro atoms. The van der Waals surface area contributed by atoms with Gasteiger partial charge in [-0.25, -0.2) is 0 Å². The Morgan fingerprint density at radius 2 is 1.87 bits per heavy atom. The van der Waals surface area contributed by atoms with Crippen molar-refractivity contribution in [3.05, 3.63) is 52.5 Å². The lowest BCUT2D eigenvalue weighted by molar-refractivity contribution is 0.0724. The van der Waals surface area contributed by atoms with E-state index in [9.17, 15) is 9.90 Å². The van der Waals surface area contributed by atoms with Gasteiger partial charge in [0.25, 0.3) is 5.91 Å². The Hall–Kier alpha value is -2.00. The van der Waals surface area contributed by atoms with Gasteiger partial charge in [0.1, 0.15) is 5.75 Å². The maximum absolute atomic E-state index is 12.6. The summed E-state index contributed by atoms with van der Waals surface area (Å²) in [6.45, 7) is 3.50. The SMILES string of the molecule is Cc1cc(O)c(-c2cccc(C(=O)N3CCCCC3)c2)cc1Cl. The molecule has 3 nitrogen and oxygen atoms in total. The highest BCUT2D eigenvalue weighted by atomic mass is 35.5. The third kappa shape index (κ3) is 3.35. The van der Waals surface area contributed by atoms with Crippen molar-refractivity contribution in [3.8, 4) is 16.9 Å². The van der Waals surface area contributed by atoms with Crippen molar-refractivity contribution >= 4 is 17.5 Å². The second-order valence-electron chi connectivity index (χ2n) is 6.05. The zero-order valence-corrected chi connectivity index (χ0v) is 13.9. The van der Waals surface area contributed by atoms with E-state index in [0.717, 1.165) is 37.1 Å². The molecular weight excluding hydrogens is 310 g/mol. The molecule has 4 heteroatoms. The highest BCUT2D eigenvalue weighted by Gasteiger charge is 2.19. The molecular formula is C19H20ClNO2. The summed E-state index contributed by atoms with van der Waals surface area (Å²) in [5.74, 6) is 0.235. The van der Waals surface area contributed by atoms with Crippen molar-refractivity contribution < 1.29 is 9.90 Å². The molecule has 1 saturated heterocycles. The number of aromatic hydroxyl groups is 1. The summed E-state index contributed by atoms with van der Waals surface area (Å²) in [6, 6.07) is 10.8. The number of phenols is 1. The van der Waals surface area contributed by atoms with Gasteiger partial charge in [-0.15, -0.1) is 0 Å². The minimum absolute atomic E-state index is 0.0595. The maximum Gasteiger partial charge on any atom is 0.253 e. The molecule has 3 rings (SSSR count). The minimum Gasteiger partial charge on any atom is -0.507 e. The van der Waals surface area contributed by atoms with Crippen molar-refractivity contribution in [2.75, 3.05) is 13.1 Å². The summed E-state index contributed by atoms with van der Waals surface area (Å²) in [7, 11) is 0. The van der Waals surface area contributed by atoms with Crippen LogP contribution in [0.15, 0.2) is 36.4 Å². The van der Waals surface area contributed by atoms with Crippen LogP contribution in [0.5, 0.6) is 5.75 Å². The number of carbonyl (C=O) groups excluding carboxylic acids is 1. The molecule has 0 aromatic heterocycles. The van der Waals surface area contributed by atoms with Crippen molar-refractivity contribution in [2.45, 2.75) is 26.2 Å². The fourth-order valence-corrected chi connectivity index (χ4v) is 3.16. The van der Waals surface area contributed by atoms with E-state index in [1.807, 2.05) is 36.1 Å². The molecule has 2 aromatic rings. The van der Waals surface area contributed by atoms with E-state index in [0.29, 0.717) is 16.1 Å². The first-order valence-electron chi connectivity index (χ1n) is 7.95. The fourth-order valence-electron chi connectivity index (χ4n) is 3.00. The van der Waals surface area contributed by atoms with Gasteiger partial charge in [0, 0.05) is 29.2 Å². The molecule has 1 aliphatic rings. The third-order valence-corrected chi connectivity index (χ3v) is 4.75. The molecule has 0 atom stereocenters. The maximum atomic E-state index is 12.6. The van der Waals surface area contributed by atoms with Crippen LogP contribution in [-0.2, 0) is 0 Å². The van der Waals surface area contributed by atoms with E-state index < -0.39 is 0 Å². The Bertz CT molecular complexity index is 736. The molecule has 0 unspecified atom stereocenters. The number of hydrogen-bond donors (Lipinski definition) is 1. The van der Waals surface area contributed by atoms with Crippen LogP contribution in [0, 0.1) is 6.92 Å². The van der Waals surface area contributed by atoms with Gasteiger partial charge in [-0.1, -0.05) is 23.7 Å². The molecule has 2 aromatic carbocycles. The summed E-state index contributed by atoms with van der Waals surface area (Å²) < 4.78 is 0. The fraction of sp³-hybridized carbons (Fsp3) is 0.316.